The summed E-state index contributed by atoms with van der Waals surface area (Å²) >= 11 is 0. The van der Waals surface area contributed by atoms with Gasteiger partial charge in [-0.05, 0) is 49.1 Å². The van der Waals surface area contributed by atoms with E-state index in [1.165, 1.54) is 29.3 Å². The van der Waals surface area contributed by atoms with Crippen LogP contribution in [0.5, 0.6) is 0 Å². The van der Waals surface area contributed by atoms with E-state index in [0.29, 0.717) is 5.56 Å². The second-order valence-corrected chi connectivity index (χ2v) is 9.39. The molecule has 7 heteroatoms. The molecular weight excluding hydrogens is 398 g/mol. The molecule has 3 rings (SSSR count). The first-order chi connectivity index (χ1) is 14.4. The van der Waals surface area contributed by atoms with E-state index < -0.39 is 10.0 Å². The predicted molar refractivity (Wildman–Crippen MR) is 119 cm³/mol. The maximum atomic E-state index is 12.7. The van der Waals surface area contributed by atoms with Crippen molar-refractivity contribution < 1.29 is 13.2 Å². The molecule has 0 atom stereocenters. The number of amides is 1. The summed E-state index contributed by atoms with van der Waals surface area (Å²) in [5.74, 6) is -0.242. The second kappa shape index (κ2) is 10.0. The average molecular weight is 428 g/mol. The Hall–Kier alpha value is -2.48. The van der Waals surface area contributed by atoms with E-state index in [-0.39, 0.29) is 23.4 Å². The first-order valence-electron chi connectivity index (χ1n) is 10.2. The van der Waals surface area contributed by atoms with Crippen LogP contribution in [0.3, 0.4) is 0 Å². The molecule has 6 nitrogen and oxygen atoms in total. The van der Waals surface area contributed by atoms with Gasteiger partial charge < -0.3 is 5.32 Å². The number of nitrogens with zero attached hydrogens (tertiary/aromatic N) is 1. The van der Waals surface area contributed by atoms with Crippen LogP contribution in [-0.4, -0.2) is 44.9 Å². The molecule has 1 aliphatic rings. The topological polar surface area (TPSA) is 78.5 Å². The van der Waals surface area contributed by atoms with Crippen molar-refractivity contribution in [1.82, 2.24) is 14.9 Å². The van der Waals surface area contributed by atoms with E-state index in [1.54, 1.807) is 12.1 Å². The van der Waals surface area contributed by atoms with Crippen LogP contribution < -0.4 is 10.0 Å². The lowest BCUT2D eigenvalue weighted by atomic mass is 10.0. The zero-order valence-electron chi connectivity index (χ0n) is 17.3. The van der Waals surface area contributed by atoms with Gasteiger partial charge in [0.15, 0.2) is 0 Å². The van der Waals surface area contributed by atoms with Gasteiger partial charge in [-0.2, -0.15) is 0 Å². The zero-order chi connectivity index (χ0) is 21.6. The van der Waals surface area contributed by atoms with Gasteiger partial charge in [0.1, 0.15) is 0 Å². The maximum absolute atomic E-state index is 12.7. The van der Waals surface area contributed by atoms with Crippen LogP contribution >= 0.6 is 0 Å². The molecule has 0 aliphatic carbocycles. The van der Waals surface area contributed by atoms with E-state index >= 15 is 0 Å². The fraction of sp³-hybridized carbons (Fsp3) is 0.348. The van der Waals surface area contributed by atoms with Gasteiger partial charge in [-0.25, -0.2) is 13.1 Å². The quantitative estimate of drug-likeness (QED) is 0.635. The van der Waals surface area contributed by atoms with Gasteiger partial charge in [0, 0.05) is 37.8 Å². The van der Waals surface area contributed by atoms with Crippen LogP contribution in [0, 0.1) is 6.92 Å². The van der Waals surface area contributed by atoms with Crippen molar-refractivity contribution in [3.05, 3.63) is 77.9 Å². The van der Waals surface area contributed by atoms with Crippen LogP contribution in [0.25, 0.3) is 0 Å². The molecule has 1 heterocycles. The highest BCUT2D eigenvalue weighted by Gasteiger charge is 2.22. The number of hydrogen-bond acceptors (Lipinski definition) is 4. The predicted octanol–water partition coefficient (Wildman–Crippen LogP) is 2.85. The molecular formula is C23H29N3O3S. The zero-order valence-corrected chi connectivity index (χ0v) is 18.1. The summed E-state index contributed by atoms with van der Waals surface area (Å²) in [7, 11) is -3.66. The fourth-order valence-corrected chi connectivity index (χ4v) is 4.63. The average Bonchev–Trinajstić information content (AvgIpc) is 2.75. The first kappa shape index (κ1) is 22.2. The second-order valence-electron chi connectivity index (χ2n) is 7.62. The van der Waals surface area contributed by atoms with E-state index in [2.05, 4.69) is 52.7 Å². The number of sulfonamides is 1. The molecule has 0 aromatic heterocycles. The molecule has 160 valence electrons. The van der Waals surface area contributed by atoms with E-state index in [4.69, 9.17) is 0 Å². The number of benzene rings is 2. The van der Waals surface area contributed by atoms with Gasteiger partial charge in [0.2, 0.25) is 10.0 Å². The molecule has 30 heavy (non-hydrogen) atoms. The van der Waals surface area contributed by atoms with Crippen LogP contribution in [0.2, 0.25) is 0 Å². The normalized spacial score (nSPS) is 15.6. The highest BCUT2D eigenvalue weighted by atomic mass is 32.2. The lowest BCUT2D eigenvalue weighted by Gasteiger charge is -2.32. The van der Waals surface area contributed by atoms with Gasteiger partial charge in [-0.15, -0.1) is 6.58 Å². The van der Waals surface area contributed by atoms with Crippen molar-refractivity contribution in [2.75, 3.05) is 19.6 Å². The van der Waals surface area contributed by atoms with Crippen LogP contribution in [0.1, 0.15) is 34.3 Å². The Morgan fingerprint density at radius 1 is 1.17 bits per heavy atom. The Bertz CT molecular complexity index is 996. The summed E-state index contributed by atoms with van der Waals surface area (Å²) < 4.78 is 27.0. The molecule has 2 N–H and O–H groups in total. The van der Waals surface area contributed by atoms with Crippen molar-refractivity contribution in [1.29, 1.82) is 0 Å². The number of carbonyl (C=O) groups is 1. The summed E-state index contributed by atoms with van der Waals surface area (Å²) in [5, 5.41) is 3.06. The summed E-state index contributed by atoms with van der Waals surface area (Å²) in [6.45, 7) is 8.53. The number of nitrogens with one attached hydrogen (secondary N) is 2. The molecule has 1 aliphatic heterocycles. The monoisotopic (exact) mass is 427 g/mol. The minimum absolute atomic E-state index is 0.0741. The number of likely N-dealkylation sites (tertiary alicyclic amines) is 1. The standard InChI is InChI=1S/C23H29N3O3S/c1-3-13-24-30(28,29)22-10-6-9-19(16-22)23(27)25-21-11-14-26(15-12-21)17-20-8-5-4-7-18(20)2/h3-10,16,21,24H,1,11-15,17H2,2H3,(H,25,27). The van der Waals surface area contributed by atoms with Crippen LogP contribution in [0.15, 0.2) is 66.1 Å². The highest BCUT2D eigenvalue weighted by molar-refractivity contribution is 7.89. The molecule has 2 aromatic rings. The lowest BCUT2D eigenvalue weighted by molar-refractivity contribution is 0.0908. The Labute approximate surface area is 179 Å². The Morgan fingerprint density at radius 3 is 2.60 bits per heavy atom. The molecule has 2 aromatic carbocycles. The van der Waals surface area contributed by atoms with Crippen molar-refractivity contribution in [3.63, 3.8) is 0 Å². The SMILES string of the molecule is C=CCNS(=O)(=O)c1cccc(C(=O)NC2CCN(Cc3ccccc3C)CC2)c1. The molecule has 0 spiro atoms. The number of piperidine rings is 1. The van der Waals surface area contributed by atoms with Crippen LogP contribution in [-0.2, 0) is 16.6 Å². The number of hydrogen-bond donors (Lipinski definition) is 2. The molecule has 0 saturated carbocycles. The van der Waals surface area contributed by atoms with Gasteiger partial charge in [0.05, 0.1) is 4.90 Å². The molecule has 0 bridgehead atoms. The molecule has 1 amide bonds. The Morgan fingerprint density at radius 2 is 1.90 bits per heavy atom. The van der Waals surface area contributed by atoms with Crippen molar-refractivity contribution in [2.45, 2.75) is 37.2 Å². The molecule has 0 unspecified atom stereocenters. The smallest absolute Gasteiger partial charge is 0.251 e. The Kier molecular flexibility index (Phi) is 7.42. The van der Waals surface area contributed by atoms with Gasteiger partial charge in [0.25, 0.3) is 5.91 Å². The first-order valence-corrected chi connectivity index (χ1v) is 11.7. The maximum Gasteiger partial charge on any atom is 0.251 e. The van der Waals surface area contributed by atoms with Crippen molar-refractivity contribution >= 4 is 15.9 Å². The largest absolute Gasteiger partial charge is 0.349 e. The lowest BCUT2D eigenvalue weighted by Crippen LogP contribution is -2.44. The van der Waals surface area contributed by atoms with Crippen molar-refractivity contribution in [2.24, 2.45) is 0 Å². The highest BCUT2D eigenvalue weighted by Crippen LogP contribution is 2.17. The van der Waals surface area contributed by atoms with E-state index in [1.807, 2.05) is 0 Å². The minimum atomic E-state index is -3.66. The minimum Gasteiger partial charge on any atom is -0.349 e. The Balaban J connectivity index is 1.55. The summed E-state index contributed by atoms with van der Waals surface area (Å²) in [4.78, 5) is 15.1. The summed E-state index contributed by atoms with van der Waals surface area (Å²) in [5.41, 5.74) is 2.98. The third-order valence-electron chi connectivity index (χ3n) is 5.40. The third-order valence-corrected chi connectivity index (χ3v) is 6.82. The van der Waals surface area contributed by atoms with E-state index in [9.17, 15) is 13.2 Å². The molecule has 1 fully saturated rings. The molecule has 1 saturated heterocycles. The summed E-state index contributed by atoms with van der Waals surface area (Å²) in [6, 6.07) is 14.6. The number of aryl methyl sites for hydroxylation is 1. The van der Waals surface area contributed by atoms with Gasteiger partial charge in [-0.3, -0.25) is 9.69 Å². The van der Waals surface area contributed by atoms with E-state index in [0.717, 1.165) is 32.5 Å². The molecule has 0 radical (unpaired) electrons. The van der Waals surface area contributed by atoms with Gasteiger partial charge in [-0.1, -0.05) is 36.4 Å². The third kappa shape index (κ3) is 5.78. The van der Waals surface area contributed by atoms with Crippen molar-refractivity contribution in [3.8, 4) is 0 Å². The number of rotatable bonds is 8. The fourth-order valence-electron chi connectivity index (χ4n) is 3.59. The summed E-state index contributed by atoms with van der Waals surface area (Å²) in [6.07, 6.45) is 3.21. The van der Waals surface area contributed by atoms with Crippen LogP contribution in [0.4, 0.5) is 0 Å². The van der Waals surface area contributed by atoms with Gasteiger partial charge >= 0.3 is 0 Å². The number of carbonyl (C=O) groups excluding carboxylic acids is 1.